The van der Waals surface area contributed by atoms with Gasteiger partial charge < -0.3 is 20.3 Å². The van der Waals surface area contributed by atoms with E-state index in [1.54, 1.807) is 28.9 Å². The number of hydrogen-bond donors (Lipinski definition) is 1. The SMILES string of the molecule is Cc1c(N2CCN(C(=O)OCc3ccccc3)CC2)c(=O)n(C[C@H](N)c2ccccc2)c(=O)n1Cc1c(F)cccc1F. The van der Waals surface area contributed by atoms with E-state index in [1.807, 2.05) is 48.5 Å². The fourth-order valence-corrected chi connectivity index (χ4v) is 5.26. The van der Waals surface area contributed by atoms with Crippen LogP contribution in [0.5, 0.6) is 0 Å². The molecule has 0 saturated carbocycles. The van der Waals surface area contributed by atoms with E-state index in [-0.39, 0.29) is 56.3 Å². The first-order valence-corrected chi connectivity index (χ1v) is 14.0. The molecule has 3 aromatic carbocycles. The van der Waals surface area contributed by atoms with Gasteiger partial charge in [-0.3, -0.25) is 13.9 Å². The van der Waals surface area contributed by atoms with Crippen molar-refractivity contribution in [3.05, 3.63) is 134 Å². The summed E-state index contributed by atoms with van der Waals surface area (Å²) in [5.74, 6) is -1.59. The maximum Gasteiger partial charge on any atom is 0.410 e. The third-order valence-electron chi connectivity index (χ3n) is 7.70. The molecular formula is C32H33F2N5O4. The van der Waals surface area contributed by atoms with E-state index >= 15 is 0 Å². The van der Waals surface area contributed by atoms with Gasteiger partial charge in [0.05, 0.1) is 13.1 Å². The number of ether oxygens (including phenoxy) is 1. The minimum absolute atomic E-state index is 0.138. The van der Waals surface area contributed by atoms with Crippen LogP contribution in [0.4, 0.5) is 19.3 Å². The minimum Gasteiger partial charge on any atom is -0.445 e. The van der Waals surface area contributed by atoms with Gasteiger partial charge in [-0.2, -0.15) is 0 Å². The van der Waals surface area contributed by atoms with Gasteiger partial charge in [-0.05, 0) is 30.2 Å². The van der Waals surface area contributed by atoms with E-state index in [0.717, 1.165) is 27.8 Å². The molecule has 0 radical (unpaired) electrons. The van der Waals surface area contributed by atoms with Gasteiger partial charge in [-0.1, -0.05) is 66.7 Å². The van der Waals surface area contributed by atoms with E-state index in [4.69, 9.17) is 10.5 Å². The van der Waals surface area contributed by atoms with Gasteiger partial charge in [0.1, 0.15) is 23.9 Å². The molecule has 9 nitrogen and oxygen atoms in total. The smallest absolute Gasteiger partial charge is 0.410 e. The Kier molecular flexibility index (Phi) is 9.01. The molecule has 1 aliphatic rings. The normalized spacial score (nSPS) is 14.0. The van der Waals surface area contributed by atoms with Crippen molar-refractivity contribution in [1.29, 1.82) is 0 Å². The van der Waals surface area contributed by atoms with E-state index in [1.165, 1.54) is 10.6 Å². The number of amides is 1. The van der Waals surface area contributed by atoms with Gasteiger partial charge in [0.2, 0.25) is 0 Å². The summed E-state index contributed by atoms with van der Waals surface area (Å²) in [4.78, 5) is 43.7. The van der Waals surface area contributed by atoms with Crippen LogP contribution < -0.4 is 21.9 Å². The third kappa shape index (κ3) is 6.51. The predicted octanol–water partition coefficient (Wildman–Crippen LogP) is 3.80. The van der Waals surface area contributed by atoms with Gasteiger partial charge in [0.15, 0.2) is 0 Å². The molecule has 4 aromatic rings. The molecule has 1 aliphatic heterocycles. The molecule has 1 fully saturated rings. The molecule has 1 atom stereocenters. The molecule has 0 spiro atoms. The van der Waals surface area contributed by atoms with Crippen LogP contribution in [-0.4, -0.2) is 46.3 Å². The van der Waals surface area contributed by atoms with Crippen molar-refractivity contribution in [3.63, 3.8) is 0 Å². The second-order valence-corrected chi connectivity index (χ2v) is 10.5. The summed E-state index contributed by atoms with van der Waals surface area (Å²) in [6, 6.07) is 21.2. The van der Waals surface area contributed by atoms with Gasteiger partial charge >= 0.3 is 11.8 Å². The molecule has 0 unspecified atom stereocenters. The molecule has 1 saturated heterocycles. The van der Waals surface area contributed by atoms with Crippen molar-refractivity contribution in [2.24, 2.45) is 5.73 Å². The molecule has 1 amide bonds. The van der Waals surface area contributed by atoms with Crippen molar-refractivity contribution in [1.82, 2.24) is 14.0 Å². The standard InChI is InChI=1S/C32H33F2N5O4/c1-22-29(36-15-17-37(18-16-36)32(42)43-21-23-9-4-2-5-10-23)30(40)39(20-28(35)24-11-6-3-7-12-24)31(41)38(22)19-25-26(33)13-8-14-27(25)34/h2-14,28H,15-21,35H2,1H3/t28-/m0/s1. The minimum atomic E-state index is -0.797. The van der Waals surface area contributed by atoms with Gasteiger partial charge in [0, 0.05) is 43.5 Å². The van der Waals surface area contributed by atoms with Crippen LogP contribution in [0.25, 0.3) is 0 Å². The maximum atomic E-state index is 14.7. The second-order valence-electron chi connectivity index (χ2n) is 10.5. The number of piperazine rings is 1. The average molecular weight is 590 g/mol. The summed E-state index contributed by atoms with van der Waals surface area (Å²) in [6.07, 6.45) is -0.466. The van der Waals surface area contributed by atoms with Crippen LogP contribution in [0.15, 0.2) is 88.5 Å². The van der Waals surface area contributed by atoms with Gasteiger partial charge in [-0.25, -0.2) is 18.4 Å². The topological polar surface area (TPSA) is 103 Å². The Morgan fingerprint density at radius 1 is 0.860 bits per heavy atom. The lowest BCUT2D eigenvalue weighted by Crippen LogP contribution is -2.53. The molecule has 43 heavy (non-hydrogen) atoms. The Morgan fingerprint density at radius 3 is 2.09 bits per heavy atom. The zero-order valence-electron chi connectivity index (χ0n) is 23.8. The van der Waals surface area contributed by atoms with Crippen molar-refractivity contribution < 1.29 is 18.3 Å². The largest absolute Gasteiger partial charge is 0.445 e. The highest BCUT2D eigenvalue weighted by Gasteiger charge is 2.28. The number of benzene rings is 3. The Balaban J connectivity index is 1.44. The van der Waals surface area contributed by atoms with Crippen molar-refractivity contribution in [3.8, 4) is 0 Å². The zero-order chi connectivity index (χ0) is 30.5. The number of hydrogen-bond acceptors (Lipinski definition) is 6. The molecule has 0 aliphatic carbocycles. The summed E-state index contributed by atoms with van der Waals surface area (Å²) in [5.41, 5.74) is 6.92. The number of aromatic nitrogens is 2. The number of carbonyl (C=O) groups is 1. The van der Waals surface area contributed by atoms with Gasteiger partial charge in [-0.15, -0.1) is 0 Å². The Morgan fingerprint density at radius 2 is 1.47 bits per heavy atom. The van der Waals surface area contributed by atoms with E-state index < -0.39 is 41.6 Å². The molecule has 2 N–H and O–H groups in total. The number of rotatable bonds is 8. The highest BCUT2D eigenvalue weighted by atomic mass is 19.1. The molecule has 1 aromatic heterocycles. The van der Waals surface area contributed by atoms with Crippen LogP contribution in [-0.2, 0) is 24.4 Å². The van der Waals surface area contributed by atoms with E-state index in [0.29, 0.717) is 0 Å². The average Bonchev–Trinajstić information content (AvgIpc) is 3.02. The molecule has 0 bridgehead atoms. The quantitative estimate of drug-likeness (QED) is 0.336. The maximum absolute atomic E-state index is 14.7. The molecule has 2 heterocycles. The zero-order valence-corrected chi connectivity index (χ0v) is 23.8. The van der Waals surface area contributed by atoms with Crippen molar-refractivity contribution in [2.75, 3.05) is 31.1 Å². The molecule has 224 valence electrons. The fraction of sp³-hybridized carbons (Fsp3) is 0.281. The highest BCUT2D eigenvalue weighted by Crippen LogP contribution is 2.21. The summed E-state index contributed by atoms with van der Waals surface area (Å²) in [6.45, 7) is 2.29. The van der Waals surface area contributed by atoms with Crippen LogP contribution in [0.3, 0.4) is 0 Å². The summed E-state index contributed by atoms with van der Waals surface area (Å²) in [5, 5.41) is 0. The van der Waals surface area contributed by atoms with Crippen LogP contribution in [0.1, 0.15) is 28.4 Å². The lowest BCUT2D eigenvalue weighted by molar-refractivity contribution is 0.0941. The number of nitrogens with zero attached hydrogens (tertiary/aromatic N) is 4. The van der Waals surface area contributed by atoms with Crippen molar-refractivity contribution >= 4 is 11.8 Å². The fourth-order valence-electron chi connectivity index (χ4n) is 5.26. The molecular weight excluding hydrogens is 556 g/mol. The molecule has 5 rings (SSSR count). The van der Waals surface area contributed by atoms with E-state index in [9.17, 15) is 23.2 Å². The summed E-state index contributed by atoms with van der Waals surface area (Å²) < 4.78 is 37.0. The van der Waals surface area contributed by atoms with Crippen molar-refractivity contribution in [2.45, 2.75) is 32.7 Å². The Bertz CT molecular complexity index is 1680. The first-order valence-electron chi connectivity index (χ1n) is 14.0. The lowest BCUT2D eigenvalue weighted by atomic mass is 10.1. The Labute approximate surface area is 247 Å². The second kappa shape index (κ2) is 13.0. The predicted molar refractivity (Wildman–Crippen MR) is 159 cm³/mol. The lowest BCUT2D eigenvalue weighted by Gasteiger charge is -2.36. The summed E-state index contributed by atoms with van der Waals surface area (Å²) in [7, 11) is 0. The van der Waals surface area contributed by atoms with Crippen LogP contribution in [0, 0.1) is 18.6 Å². The first kappa shape index (κ1) is 29.7. The highest BCUT2D eigenvalue weighted by molar-refractivity contribution is 5.68. The monoisotopic (exact) mass is 589 g/mol. The van der Waals surface area contributed by atoms with E-state index in [2.05, 4.69) is 0 Å². The number of halogens is 2. The third-order valence-corrected chi connectivity index (χ3v) is 7.70. The Hall–Kier alpha value is -4.77. The van der Waals surface area contributed by atoms with Crippen LogP contribution in [0.2, 0.25) is 0 Å². The summed E-state index contributed by atoms with van der Waals surface area (Å²) >= 11 is 0. The first-order chi connectivity index (χ1) is 20.7. The number of anilines is 1. The number of carbonyl (C=O) groups excluding carboxylic acids is 1. The van der Waals surface area contributed by atoms with Crippen LogP contribution >= 0.6 is 0 Å². The van der Waals surface area contributed by atoms with Gasteiger partial charge in [0.25, 0.3) is 5.56 Å². The number of nitrogens with two attached hydrogens (primary N) is 1. The molecule has 11 heteroatoms.